The Kier molecular flexibility index (Phi) is 3.18. The van der Waals surface area contributed by atoms with Crippen LogP contribution in [0.25, 0.3) is 0 Å². The molecule has 0 amide bonds. The number of halogens is 1. The highest BCUT2D eigenvalue weighted by atomic mass is 35.5. The Morgan fingerprint density at radius 3 is 1.70 bits per heavy atom. The van der Waals surface area contributed by atoms with Crippen LogP contribution >= 0.6 is 11.6 Å². The lowest BCUT2D eigenvalue weighted by atomic mass is 9.81. The van der Waals surface area contributed by atoms with E-state index >= 15 is 0 Å². The zero-order valence-corrected chi connectivity index (χ0v) is 8.25. The van der Waals surface area contributed by atoms with Crippen LogP contribution in [-0.2, 0) is 4.74 Å². The van der Waals surface area contributed by atoms with Crippen LogP contribution in [-0.4, -0.2) is 18.6 Å². The molecule has 0 aromatic rings. The van der Waals surface area contributed by atoms with Crippen molar-refractivity contribution in [3.63, 3.8) is 0 Å². The van der Waals surface area contributed by atoms with Crippen LogP contribution in [0.1, 0.15) is 27.7 Å². The lowest BCUT2D eigenvalue weighted by Crippen LogP contribution is -2.37. The zero-order valence-electron chi connectivity index (χ0n) is 7.49. The fourth-order valence-corrected chi connectivity index (χ4v) is 0.587. The van der Waals surface area contributed by atoms with Crippen molar-refractivity contribution in [3.05, 3.63) is 0 Å². The van der Waals surface area contributed by atoms with Crippen molar-refractivity contribution in [2.24, 2.45) is 5.41 Å². The van der Waals surface area contributed by atoms with E-state index in [1.165, 1.54) is 0 Å². The van der Waals surface area contributed by atoms with Gasteiger partial charge in [0.15, 0.2) is 0 Å². The average molecular weight is 165 g/mol. The molecular weight excluding hydrogens is 148 g/mol. The van der Waals surface area contributed by atoms with Gasteiger partial charge in [-0.2, -0.15) is 0 Å². The molecule has 1 nitrogen and oxygen atoms in total. The SMILES string of the molecule is COCC(C)(C)C(C)(C)Cl. The second-order valence-electron chi connectivity index (χ2n) is 3.79. The molecule has 0 saturated carbocycles. The van der Waals surface area contributed by atoms with Gasteiger partial charge >= 0.3 is 0 Å². The molecule has 0 rings (SSSR count). The highest BCUT2D eigenvalue weighted by molar-refractivity contribution is 6.23. The number of ether oxygens (including phenoxy) is 1. The van der Waals surface area contributed by atoms with Crippen LogP contribution in [0.5, 0.6) is 0 Å². The first kappa shape index (κ1) is 10.2. The van der Waals surface area contributed by atoms with Crippen LogP contribution < -0.4 is 0 Å². The fraction of sp³-hybridized carbons (Fsp3) is 1.00. The van der Waals surface area contributed by atoms with Crippen molar-refractivity contribution < 1.29 is 4.74 Å². The summed E-state index contributed by atoms with van der Waals surface area (Å²) in [5.74, 6) is 0. The van der Waals surface area contributed by atoms with Crippen LogP contribution in [0.4, 0.5) is 0 Å². The van der Waals surface area contributed by atoms with Gasteiger partial charge in [0.1, 0.15) is 0 Å². The highest BCUT2D eigenvalue weighted by Gasteiger charge is 2.34. The maximum atomic E-state index is 6.12. The van der Waals surface area contributed by atoms with Crippen molar-refractivity contribution in [1.29, 1.82) is 0 Å². The van der Waals surface area contributed by atoms with Gasteiger partial charge in [0.2, 0.25) is 0 Å². The Bertz CT molecular complexity index is 102. The second-order valence-corrected chi connectivity index (χ2v) is 4.73. The minimum Gasteiger partial charge on any atom is -0.384 e. The van der Waals surface area contributed by atoms with E-state index in [1.807, 2.05) is 13.8 Å². The molecule has 62 valence electrons. The maximum Gasteiger partial charge on any atom is 0.0529 e. The summed E-state index contributed by atoms with van der Waals surface area (Å²) < 4.78 is 5.05. The molecule has 2 heteroatoms. The molecule has 0 atom stereocenters. The van der Waals surface area contributed by atoms with Gasteiger partial charge in [-0.05, 0) is 13.8 Å². The van der Waals surface area contributed by atoms with E-state index in [9.17, 15) is 0 Å². The van der Waals surface area contributed by atoms with Crippen LogP contribution in [0.2, 0.25) is 0 Å². The van der Waals surface area contributed by atoms with E-state index < -0.39 is 0 Å². The summed E-state index contributed by atoms with van der Waals surface area (Å²) in [6.07, 6.45) is 0. The van der Waals surface area contributed by atoms with Crippen molar-refractivity contribution in [1.82, 2.24) is 0 Å². The molecule has 0 aliphatic carbocycles. The van der Waals surface area contributed by atoms with Gasteiger partial charge in [-0.3, -0.25) is 0 Å². The fourth-order valence-electron chi connectivity index (χ4n) is 0.532. The maximum absolute atomic E-state index is 6.12. The number of hydrogen-bond donors (Lipinski definition) is 0. The van der Waals surface area contributed by atoms with Gasteiger partial charge in [0.25, 0.3) is 0 Å². The summed E-state index contributed by atoms with van der Waals surface area (Å²) in [6, 6.07) is 0. The van der Waals surface area contributed by atoms with Gasteiger partial charge in [0.05, 0.1) is 6.61 Å². The first-order valence-corrected chi connectivity index (χ1v) is 3.87. The lowest BCUT2D eigenvalue weighted by Gasteiger charge is -2.35. The topological polar surface area (TPSA) is 9.23 Å². The average Bonchev–Trinajstić information content (AvgIpc) is 1.61. The first-order valence-electron chi connectivity index (χ1n) is 3.49. The molecule has 0 heterocycles. The predicted octanol–water partition coefficient (Wildman–Crippen LogP) is 2.68. The first-order chi connectivity index (χ1) is 4.31. The van der Waals surface area contributed by atoms with Crippen LogP contribution in [0.15, 0.2) is 0 Å². The van der Waals surface area contributed by atoms with E-state index in [0.717, 1.165) is 0 Å². The Balaban J connectivity index is 4.10. The Labute approximate surface area is 68.7 Å². The van der Waals surface area contributed by atoms with Crippen LogP contribution in [0.3, 0.4) is 0 Å². The molecular formula is C8H17ClO. The van der Waals surface area contributed by atoms with Crippen molar-refractivity contribution in [3.8, 4) is 0 Å². The molecule has 0 radical (unpaired) electrons. The molecule has 0 aliphatic heterocycles. The summed E-state index contributed by atoms with van der Waals surface area (Å²) in [6.45, 7) is 8.91. The normalized spacial score (nSPS) is 13.8. The number of rotatable bonds is 3. The summed E-state index contributed by atoms with van der Waals surface area (Å²) in [5.41, 5.74) is 0.0311. The largest absolute Gasteiger partial charge is 0.384 e. The van der Waals surface area contributed by atoms with Crippen LogP contribution in [0, 0.1) is 5.41 Å². The third kappa shape index (κ3) is 2.47. The molecule has 0 aromatic heterocycles. The van der Waals surface area contributed by atoms with E-state index in [1.54, 1.807) is 7.11 Å². The molecule has 10 heavy (non-hydrogen) atoms. The van der Waals surface area contributed by atoms with E-state index in [-0.39, 0.29) is 10.3 Å². The molecule has 0 spiro atoms. The standard InChI is InChI=1S/C8H17ClO/c1-7(2,6-10-5)8(3,4)9/h6H2,1-5H3. The third-order valence-electron chi connectivity index (χ3n) is 2.11. The van der Waals surface area contributed by atoms with Gasteiger partial charge in [-0.25, -0.2) is 0 Å². The van der Waals surface area contributed by atoms with Gasteiger partial charge in [-0.15, -0.1) is 11.6 Å². The van der Waals surface area contributed by atoms with Gasteiger partial charge < -0.3 is 4.74 Å². The number of methoxy groups -OCH3 is 1. The monoisotopic (exact) mass is 164 g/mol. The molecule has 0 saturated heterocycles. The lowest BCUT2D eigenvalue weighted by molar-refractivity contribution is 0.0815. The molecule has 0 aliphatic rings. The summed E-state index contributed by atoms with van der Waals surface area (Å²) in [5, 5.41) is 0. The van der Waals surface area contributed by atoms with Crippen molar-refractivity contribution in [2.75, 3.05) is 13.7 Å². The Morgan fingerprint density at radius 1 is 1.20 bits per heavy atom. The molecule has 0 bridgehead atoms. The third-order valence-corrected chi connectivity index (χ3v) is 2.63. The van der Waals surface area contributed by atoms with E-state index in [0.29, 0.717) is 6.61 Å². The number of alkyl halides is 1. The van der Waals surface area contributed by atoms with Gasteiger partial charge in [-0.1, -0.05) is 13.8 Å². The predicted molar refractivity (Wildman–Crippen MR) is 45.6 cm³/mol. The summed E-state index contributed by atoms with van der Waals surface area (Å²) >= 11 is 6.12. The van der Waals surface area contributed by atoms with E-state index in [4.69, 9.17) is 16.3 Å². The van der Waals surface area contributed by atoms with E-state index in [2.05, 4.69) is 13.8 Å². The molecule has 0 fully saturated rings. The van der Waals surface area contributed by atoms with Crippen molar-refractivity contribution in [2.45, 2.75) is 32.6 Å². The zero-order chi connectivity index (χ0) is 8.41. The Hall–Kier alpha value is 0.250. The molecule has 0 unspecified atom stereocenters. The highest BCUT2D eigenvalue weighted by Crippen LogP contribution is 2.35. The van der Waals surface area contributed by atoms with Gasteiger partial charge in [0, 0.05) is 17.4 Å². The smallest absolute Gasteiger partial charge is 0.0529 e. The minimum absolute atomic E-state index is 0.0311. The Morgan fingerprint density at radius 2 is 1.60 bits per heavy atom. The van der Waals surface area contributed by atoms with Crippen molar-refractivity contribution >= 4 is 11.6 Å². The summed E-state index contributed by atoms with van der Waals surface area (Å²) in [4.78, 5) is -0.205. The molecule has 0 N–H and O–H groups in total. The quantitative estimate of drug-likeness (QED) is 0.583. The minimum atomic E-state index is -0.205. The summed E-state index contributed by atoms with van der Waals surface area (Å²) in [7, 11) is 1.70. The molecule has 0 aromatic carbocycles. The second kappa shape index (κ2) is 3.10. The number of hydrogen-bond acceptors (Lipinski definition) is 1.